The fourth-order valence-corrected chi connectivity index (χ4v) is 4.12. The van der Waals surface area contributed by atoms with Crippen LogP contribution in [0.4, 0.5) is 10.2 Å². The number of nitrogen functional groups attached to an aromatic ring is 1. The van der Waals surface area contributed by atoms with Gasteiger partial charge in [-0.2, -0.15) is 0 Å². The summed E-state index contributed by atoms with van der Waals surface area (Å²) in [5.41, 5.74) is 9.14. The third kappa shape index (κ3) is 3.30. The molecule has 3 heterocycles. The maximum atomic E-state index is 14.0. The molecule has 3 aromatic rings. The first-order valence-corrected chi connectivity index (χ1v) is 10.3. The van der Waals surface area contributed by atoms with E-state index in [-0.39, 0.29) is 24.3 Å². The highest BCUT2D eigenvalue weighted by atomic mass is 19.1. The molecule has 0 unspecified atom stereocenters. The van der Waals surface area contributed by atoms with Gasteiger partial charge in [-0.3, -0.25) is 4.79 Å². The first-order chi connectivity index (χ1) is 14.9. The van der Waals surface area contributed by atoms with E-state index in [4.69, 9.17) is 10.5 Å². The van der Waals surface area contributed by atoms with Gasteiger partial charge in [-0.25, -0.2) is 14.1 Å². The number of carbonyl (C=O) groups is 1. The molecular weight excluding hydrogens is 399 g/mol. The van der Waals surface area contributed by atoms with E-state index in [2.05, 4.69) is 15.3 Å². The predicted octanol–water partition coefficient (Wildman–Crippen LogP) is 3.51. The Morgan fingerprint density at radius 1 is 1.26 bits per heavy atom. The van der Waals surface area contributed by atoms with Crippen LogP contribution in [-0.2, 0) is 6.54 Å². The van der Waals surface area contributed by atoms with Crippen molar-refractivity contribution < 1.29 is 13.9 Å². The summed E-state index contributed by atoms with van der Waals surface area (Å²) in [4.78, 5) is 19.1. The molecule has 160 valence electrons. The highest BCUT2D eigenvalue weighted by Gasteiger charge is 2.29. The topological polar surface area (TPSA) is 99.2 Å². The van der Waals surface area contributed by atoms with Crippen LogP contribution in [0.3, 0.4) is 0 Å². The number of hydrogen-bond acceptors (Lipinski definition) is 6. The first-order valence-electron chi connectivity index (χ1n) is 10.3. The maximum absolute atomic E-state index is 14.0. The molecule has 0 radical (unpaired) electrons. The van der Waals surface area contributed by atoms with E-state index in [1.54, 1.807) is 25.1 Å². The maximum Gasteiger partial charge on any atom is 0.254 e. The number of nitrogens with two attached hydrogens (primary N) is 1. The minimum Gasteiger partial charge on any atom is -0.482 e. The van der Waals surface area contributed by atoms with Gasteiger partial charge in [0, 0.05) is 29.9 Å². The number of fused-ring (bicyclic) bond motifs is 5. The highest BCUT2D eigenvalue weighted by molar-refractivity contribution is 5.95. The van der Waals surface area contributed by atoms with Crippen LogP contribution in [0.15, 0.2) is 30.5 Å². The van der Waals surface area contributed by atoms with Crippen LogP contribution in [-0.4, -0.2) is 37.8 Å². The quantitative estimate of drug-likeness (QED) is 0.644. The second-order valence-corrected chi connectivity index (χ2v) is 8.17. The third-order valence-electron chi connectivity index (χ3n) is 6.06. The van der Waals surface area contributed by atoms with Crippen LogP contribution < -0.4 is 10.5 Å². The fraction of sp³-hybridized carbons (Fsp3) is 0.364. The molecule has 1 saturated carbocycles. The molecule has 1 aromatic carbocycles. The van der Waals surface area contributed by atoms with Gasteiger partial charge >= 0.3 is 0 Å². The number of benzene rings is 1. The Labute approximate surface area is 178 Å². The van der Waals surface area contributed by atoms with Gasteiger partial charge in [-0.1, -0.05) is 5.21 Å². The zero-order chi connectivity index (χ0) is 21.7. The van der Waals surface area contributed by atoms with Crippen molar-refractivity contribution >= 4 is 11.7 Å². The van der Waals surface area contributed by atoms with Gasteiger partial charge in [-0.15, -0.1) is 5.10 Å². The molecule has 2 N–H and O–H groups in total. The van der Waals surface area contributed by atoms with Crippen molar-refractivity contribution in [1.29, 1.82) is 0 Å². The van der Waals surface area contributed by atoms with Gasteiger partial charge in [0.15, 0.2) is 11.6 Å². The van der Waals surface area contributed by atoms with Gasteiger partial charge in [0.05, 0.1) is 18.3 Å². The minimum absolute atomic E-state index is 0.221. The normalized spacial score (nSPS) is 18.9. The summed E-state index contributed by atoms with van der Waals surface area (Å²) in [6.07, 6.45) is 4.27. The van der Waals surface area contributed by atoms with Crippen molar-refractivity contribution in [2.45, 2.75) is 44.9 Å². The van der Waals surface area contributed by atoms with Crippen molar-refractivity contribution in [1.82, 2.24) is 24.9 Å². The molecule has 5 rings (SSSR count). The molecule has 1 fully saturated rings. The number of ether oxygens (including phenoxy) is 1. The molecule has 0 spiro atoms. The van der Waals surface area contributed by atoms with Crippen molar-refractivity contribution in [2.75, 3.05) is 12.8 Å². The van der Waals surface area contributed by atoms with Gasteiger partial charge in [0.25, 0.3) is 5.91 Å². The van der Waals surface area contributed by atoms with E-state index in [0.29, 0.717) is 22.6 Å². The van der Waals surface area contributed by atoms with Gasteiger partial charge in [-0.05, 0) is 50.5 Å². The molecule has 9 heteroatoms. The number of halogens is 1. The Morgan fingerprint density at radius 3 is 2.81 bits per heavy atom. The number of rotatable bonds is 1. The Morgan fingerprint density at radius 2 is 2.06 bits per heavy atom. The number of aromatic nitrogens is 4. The van der Waals surface area contributed by atoms with Crippen LogP contribution >= 0.6 is 0 Å². The lowest BCUT2D eigenvalue weighted by molar-refractivity contribution is 0.0778. The molecule has 1 aliphatic carbocycles. The van der Waals surface area contributed by atoms with E-state index < -0.39 is 11.9 Å². The van der Waals surface area contributed by atoms with E-state index >= 15 is 0 Å². The molecule has 2 bridgehead atoms. The van der Waals surface area contributed by atoms with Crippen molar-refractivity contribution in [3.63, 3.8) is 0 Å². The van der Waals surface area contributed by atoms with Gasteiger partial charge in [0.2, 0.25) is 0 Å². The van der Waals surface area contributed by atoms with Crippen LogP contribution in [0, 0.1) is 5.82 Å². The largest absolute Gasteiger partial charge is 0.482 e. The lowest BCUT2D eigenvalue weighted by Crippen LogP contribution is -2.28. The van der Waals surface area contributed by atoms with Crippen molar-refractivity contribution in [3.05, 3.63) is 53.1 Å². The number of amides is 1. The average molecular weight is 422 g/mol. The standard InChI is InChI=1S/C22H23FN6O2/c1-12-17-9-14(23)6-7-16(17)22(30)28(2)11-18-20(29(27-26-18)15-4-3-5-15)13-8-19(31-12)21(24)25-10-13/h6-10,12,15H,3-5,11H2,1-2H3,(H2,24,25)/t12-/m1/s1. The molecule has 2 aliphatic rings. The first kappa shape index (κ1) is 19.5. The zero-order valence-corrected chi connectivity index (χ0v) is 17.4. The molecule has 0 saturated heterocycles. The molecular formula is C22H23FN6O2. The molecule has 1 amide bonds. The van der Waals surface area contributed by atoms with E-state index in [1.807, 2.05) is 10.7 Å². The Bertz CT molecular complexity index is 1170. The fourth-order valence-electron chi connectivity index (χ4n) is 4.12. The van der Waals surface area contributed by atoms with Crippen LogP contribution in [0.2, 0.25) is 0 Å². The summed E-state index contributed by atoms with van der Waals surface area (Å²) in [7, 11) is 1.70. The van der Waals surface area contributed by atoms with Gasteiger partial charge < -0.3 is 15.4 Å². The van der Waals surface area contributed by atoms with E-state index in [9.17, 15) is 9.18 Å². The second-order valence-electron chi connectivity index (χ2n) is 8.17. The minimum atomic E-state index is -0.615. The monoisotopic (exact) mass is 422 g/mol. The summed E-state index contributed by atoms with van der Waals surface area (Å²) in [6.45, 7) is 2.02. The van der Waals surface area contributed by atoms with E-state index in [0.717, 1.165) is 30.5 Å². The number of pyridine rings is 1. The van der Waals surface area contributed by atoms with Crippen molar-refractivity contribution in [3.8, 4) is 17.0 Å². The third-order valence-corrected chi connectivity index (χ3v) is 6.06. The lowest BCUT2D eigenvalue weighted by Gasteiger charge is -2.28. The van der Waals surface area contributed by atoms with E-state index in [1.165, 1.54) is 18.2 Å². The highest BCUT2D eigenvalue weighted by Crippen LogP contribution is 2.38. The summed E-state index contributed by atoms with van der Waals surface area (Å²) >= 11 is 0. The molecule has 31 heavy (non-hydrogen) atoms. The van der Waals surface area contributed by atoms with Crippen molar-refractivity contribution in [2.24, 2.45) is 0 Å². The molecule has 1 aliphatic heterocycles. The summed E-state index contributed by atoms with van der Waals surface area (Å²) < 4.78 is 22.0. The number of nitrogens with zero attached hydrogens (tertiary/aromatic N) is 5. The Hall–Kier alpha value is -3.49. The predicted molar refractivity (Wildman–Crippen MR) is 112 cm³/mol. The summed E-state index contributed by atoms with van der Waals surface area (Å²) in [5.74, 6) is -0.0978. The number of hydrogen-bond donors (Lipinski definition) is 1. The number of anilines is 1. The Kier molecular flexibility index (Phi) is 4.60. The number of carbonyl (C=O) groups excluding carboxylic acids is 1. The lowest BCUT2D eigenvalue weighted by atomic mass is 9.92. The zero-order valence-electron chi connectivity index (χ0n) is 17.4. The summed E-state index contributed by atoms with van der Waals surface area (Å²) in [6, 6.07) is 6.17. The Balaban J connectivity index is 1.70. The SMILES string of the molecule is C[C@H]1Oc2cc(cnc2N)-c2c(nnn2C2CCC2)CN(C)C(=O)c2ccc(F)cc21. The summed E-state index contributed by atoms with van der Waals surface area (Å²) in [5, 5.41) is 8.79. The molecule has 8 nitrogen and oxygen atoms in total. The van der Waals surface area contributed by atoms with Crippen LogP contribution in [0.5, 0.6) is 5.75 Å². The molecule has 2 aromatic heterocycles. The smallest absolute Gasteiger partial charge is 0.254 e. The van der Waals surface area contributed by atoms with Crippen LogP contribution in [0.1, 0.15) is 59.9 Å². The van der Waals surface area contributed by atoms with Crippen LogP contribution in [0.25, 0.3) is 11.3 Å². The second kappa shape index (κ2) is 7.33. The van der Waals surface area contributed by atoms with Gasteiger partial charge in [0.1, 0.15) is 17.6 Å². The molecule has 1 atom stereocenters. The average Bonchev–Trinajstić information content (AvgIpc) is 3.09.